The fourth-order valence-electron chi connectivity index (χ4n) is 2.44. The lowest BCUT2D eigenvalue weighted by Crippen LogP contribution is -2.38. The van der Waals surface area contributed by atoms with Gasteiger partial charge in [0.2, 0.25) is 5.91 Å². The van der Waals surface area contributed by atoms with Crippen molar-refractivity contribution in [1.82, 2.24) is 4.90 Å². The van der Waals surface area contributed by atoms with E-state index in [1.54, 1.807) is 25.3 Å². The molecule has 1 aromatic rings. The molecule has 0 aliphatic carbocycles. The Hall–Kier alpha value is -1.30. The van der Waals surface area contributed by atoms with E-state index in [1.807, 2.05) is 4.90 Å². The van der Waals surface area contributed by atoms with Crippen LogP contribution in [0.1, 0.15) is 12.8 Å². The lowest BCUT2D eigenvalue weighted by atomic mass is 10.2. The van der Waals surface area contributed by atoms with E-state index in [4.69, 9.17) is 16.3 Å². The summed E-state index contributed by atoms with van der Waals surface area (Å²) in [6.45, 7) is 1.23. The molecule has 1 aromatic carbocycles. The third-order valence-electron chi connectivity index (χ3n) is 3.49. The fourth-order valence-corrected chi connectivity index (χ4v) is 2.70. The van der Waals surface area contributed by atoms with Gasteiger partial charge in [0.25, 0.3) is 0 Å². The van der Waals surface area contributed by atoms with Gasteiger partial charge < -0.3 is 15.2 Å². The van der Waals surface area contributed by atoms with E-state index in [0.29, 0.717) is 16.5 Å². The Morgan fingerprint density at radius 2 is 2.40 bits per heavy atom. The molecule has 20 heavy (non-hydrogen) atoms. The molecule has 6 heteroatoms. The first-order valence-corrected chi connectivity index (χ1v) is 7.00. The number of hydrogen-bond acceptors (Lipinski definition) is 4. The summed E-state index contributed by atoms with van der Waals surface area (Å²) in [6.07, 6.45) is 1.96. The van der Waals surface area contributed by atoms with Gasteiger partial charge in [0.1, 0.15) is 5.75 Å². The van der Waals surface area contributed by atoms with Crippen molar-refractivity contribution in [3.05, 3.63) is 23.2 Å². The normalized spacial score (nSPS) is 19.1. The van der Waals surface area contributed by atoms with Crippen molar-refractivity contribution < 1.29 is 14.6 Å². The van der Waals surface area contributed by atoms with Gasteiger partial charge in [0.05, 0.1) is 25.3 Å². The van der Waals surface area contributed by atoms with E-state index in [9.17, 15) is 9.90 Å². The molecule has 110 valence electrons. The minimum atomic E-state index is -0.105. The number of nitrogens with zero attached hydrogens (tertiary/aromatic N) is 1. The van der Waals surface area contributed by atoms with Crippen molar-refractivity contribution in [1.29, 1.82) is 0 Å². The number of nitrogens with one attached hydrogen (secondary N) is 1. The number of carbonyl (C=O) groups is 1. The largest absolute Gasteiger partial charge is 0.495 e. The Morgan fingerprint density at radius 3 is 3.05 bits per heavy atom. The van der Waals surface area contributed by atoms with Crippen LogP contribution >= 0.6 is 11.6 Å². The predicted octanol–water partition coefficient (Wildman–Crippen LogP) is 1.74. The maximum absolute atomic E-state index is 12.0. The van der Waals surface area contributed by atoms with Crippen LogP contribution in [0.4, 0.5) is 5.69 Å². The molecule has 1 aliphatic rings. The average molecular weight is 299 g/mol. The number of aliphatic hydroxyl groups is 1. The number of benzene rings is 1. The Balaban J connectivity index is 1.92. The van der Waals surface area contributed by atoms with Crippen LogP contribution in [0.3, 0.4) is 0 Å². The molecule has 1 heterocycles. The molecule has 1 fully saturated rings. The van der Waals surface area contributed by atoms with Crippen LogP contribution in [0, 0.1) is 0 Å². The third-order valence-corrected chi connectivity index (χ3v) is 3.79. The second-order valence-corrected chi connectivity index (χ2v) is 5.25. The highest BCUT2D eigenvalue weighted by Crippen LogP contribution is 2.27. The van der Waals surface area contributed by atoms with E-state index in [2.05, 4.69) is 5.32 Å². The quantitative estimate of drug-likeness (QED) is 0.869. The highest BCUT2D eigenvalue weighted by Gasteiger charge is 2.25. The molecule has 0 spiro atoms. The topological polar surface area (TPSA) is 61.8 Å². The van der Waals surface area contributed by atoms with Gasteiger partial charge in [0.15, 0.2) is 0 Å². The number of ether oxygens (including phenoxy) is 1. The first-order valence-electron chi connectivity index (χ1n) is 6.62. The monoisotopic (exact) mass is 298 g/mol. The number of halogens is 1. The molecule has 1 aliphatic heterocycles. The zero-order chi connectivity index (χ0) is 14.5. The molecule has 0 radical (unpaired) electrons. The summed E-state index contributed by atoms with van der Waals surface area (Å²) in [6, 6.07) is 5.21. The smallest absolute Gasteiger partial charge is 0.238 e. The van der Waals surface area contributed by atoms with E-state index in [-0.39, 0.29) is 25.1 Å². The van der Waals surface area contributed by atoms with Crippen LogP contribution in [0.25, 0.3) is 0 Å². The number of methoxy groups -OCH3 is 1. The average Bonchev–Trinajstić information content (AvgIpc) is 2.86. The molecule has 1 amide bonds. The van der Waals surface area contributed by atoms with Gasteiger partial charge in [-0.1, -0.05) is 11.6 Å². The summed E-state index contributed by atoms with van der Waals surface area (Å²) < 4.78 is 5.06. The third kappa shape index (κ3) is 3.62. The van der Waals surface area contributed by atoms with Gasteiger partial charge >= 0.3 is 0 Å². The number of anilines is 1. The predicted molar refractivity (Wildman–Crippen MR) is 78.3 cm³/mol. The fraction of sp³-hybridized carbons (Fsp3) is 0.500. The van der Waals surface area contributed by atoms with E-state index in [0.717, 1.165) is 19.4 Å². The maximum Gasteiger partial charge on any atom is 0.238 e. The van der Waals surface area contributed by atoms with Crippen LogP contribution in [0.15, 0.2) is 18.2 Å². The Morgan fingerprint density at radius 1 is 1.60 bits per heavy atom. The molecule has 5 nitrogen and oxygen atoms in total. The van der Waals surface area contributed by atoms with Crippen LogP contribution in [-0.2, 0) is 4.79 Å². The van der Waals surface area contributed by atoms with Crippen LogP contribution in [-0.4, -0.2) is 48.8 Å². The summed E-state index contributed by atoms with van der Waals surface area (Å²) in [7, 11) is 1.54. The highest BCUT2D eigenvalue weighted by molar-refractivity contribution is 6.32. The molecule has 2 rings (SSSR count). The minimum Gasteiger partial charge on any atom is -0.495 e. The van der Waals surface area contributed by atoms with Crippen molar-refractivity contribution in [2.75, 3.05) is 32.1 Å². The first kappa shape index (κ1) is 15.1. The highest BCUT2D eigenvalue weighted by atomic mass is 35.5. The lowest BCUT2D eigenvalue weighted by Gasteiger charge is -2.21. The second-order valence-electron chi connectivity index (χ2n) is 4.85. The van der Waals surface area contributed by atoms with Crippen LogP contribution in [0.5, 0.6) is 5.75 Å². The molecule has 0 saturated carbocycles. The van der Waals surface area contributed by atoms with Gasteiger partial charge in [-0.2, -0.15) is 0 Å². The number of amides is 1. The van der Waals surface area contributed by atoms with Crippen LogP contribution in [0.2, 0.25) is 5.02 Å². The number of likely N-dealkylation sites (tertiary alicyclic amines) is 1. The van der Waals surface area contributed by atoms with Gasteiger partial charge in [-0.3, -0.25) is 9.69 Å². The molecule has 0 unspecified atom stereocenters. The van der Waals surface area contributed by atoms with E-state index < -0.39 is 0 Å². The van der Waals surface area contributed by atoms with Gasteiger partial charge in [-0.15, -0.1) is 0 Å². The number of rotatable bonds is 5. The molecule has 2 N–H and O–H groups in total. The molecular formula is C14H19ClN2O3. The molecule has 1 saturated heterocycles. The Kier molecular flexibility index (Phi) is 5.23. The lowest BCUT2D eigenvalue weighted by molar-refractivity contribution is -0.117. The number of hydrogen-bond donors (Lipinski definition) is 2. The Bertz CT molecular complexity index is 481. The van der Waals surface area contributed by atoms with Gasteiger partial charge in [0, 0.05) is 11.7 Å². The summed E-state index contributed by atoms with van der Waals surface area (Å²) >= 11 is 6.01. The van der Waals surface area contributed by atoms with Crippen LogP contribution < -0.4 is 10.1 Å². The zero-order valence-electron chi connectivity index (χ0n) is 11.4. The van der Waals surface area contributed by atoms with Crippen molar-refractivity contribution in [2.45, 2.75) is 18.9 Å². The van der Waals surface area contributed by atoms with Crippen molar-refractivity contribution >= 4 is 23.2 Å². The summed E-state index contributed by atoms with van der Waals surface area (Å²) in [5, 5.41) is 12.5. The van der Waals surface area contributed by atoms with Gasteiger partial charge in [-0.25, -0.2) is 0 Å². The first-order chi connectivity index (χ1) is 9.63. The van der Waals surface area contributed by atoms with Gasteiger partial charge in [-0.05, 0) is 37.6 Å². The minimum absolute atomic E-state index is 0.0974. The Labute approximate surface area is 123 Å². The maximum atomic E-state index is 12.0. The summed E-state index contributed by atoms with van der Waals surface area (Å²) in [5.41, 5.74) is 0.639. The molecule has 1 atom stereocenters. The van der Waals surface area contributed by atoms with E-state index in [1.165, 1.54) is 0 Å². The number of aliphatic hydroxyl groups excluding tert-OH is 1. The molecular weight excluding hydrogens is 280 g/mol. The zero-order valence-corrected chi connectivity index (χ0v) is 12.2. The SMILES string of the molecule is COc1ccc(NC(=O)CN2CCC[C@@H]2CO)cc1Cl. The standard InChI is InChI=1S/C14H19ClN2O3/c1-20-13-5-4-10(7-12(13)15)16-14(19)8-17-6-2-3-11(17)9-18/h4-5,7,11,18H,2-3,6,8-9H2,1H3,(H,16,19)/t11-/m1/s1. The number of carbonyl (C=O) groups excluding carboxylic acids is 1. The summed E-state index contributed by atoms with van der Waals surface area (Å²) in [4.78, 5) is 14.0. The van der Waals surface area contributed by atoms with E-state index >= 15 is 0 Å². The van der Waals surface area contributed by atoms with Crippen molar-refractivity contribution in [3.63, 3.8) is 0 Å². The van der Waals surface area contributed by atoms with Crippen molar-refractivity contribution in [2.24, 2.45) is 0 Å². The second kappa shape index (κ2) is 6.92. The van der Waals surface area contributed by atoms with Crippen molar-refractivity contribution in [3.8, 4) is 5.75 Å². The molecule has 0 bridgehead atoms. The molecule has 0 aromatic heterocycles. The summed E-state index contributed by atoms with van der Waals surface area (Å²) in [5.74, 6) is 0.469.